The molecule has 96 valence electrons. The van der Waals surface area contributed by atoms with E-state index in [1.165, 1.54) is 11.1 Å². The zero-order valence-electron chi connectivity index (χ0n) is 9.72. The summed E-state index contributed by atoms with van der Waals surface area (Å²) in [5.74, 6) is 1.01. The van der Waals surface area contributed by atoms with Crippen molar-refractivity contribution in [3.63, 3.8) is 0 Å². The fourth-order valence-corrected chi connectivity index (χ4v) is 1.55. The molecule has 1 amide bonds. The van der Waals surface area contributed by atoms with Crippen LogP contribution in [0.15, 0.2) is 52.3 Å². The van der Waals surface area contributed by atoms with Crippen LogP contribution in [-0.4, -0.2) is 28.7 Å². The van der Waals surface area contributed by atoms with Crippen molar-refractivity contribution in [1.29, 1.82) is 0 Å². The van der Waals surface area contributed by atoms with Crippen LogP contribution in [0.4, 0.5) is 4.79 Å². The maximum Gasteiger partial charge on any atom is 0.424 e. The van der Waals surface area contributed by atoms with E-state index in [0.717, 1.165) is 0 Å². The fourth-order valence-electron chi connectivity index (χ4n) is 1.55. The SMILES string of the molecule is O=C(Oc1ccccc1)N1CON=C1c1ccno1. The molecular weight excluding hydrogens is 250 g/mol. The van der Waals surface area contributed by atoms with E-state index < -0.39 is 6.09 Å². The van der Waals surface area contributed by atoms with Crippen molar-refractivity contribution >= 4 is 11.9 Å². The minimum Gasteiger partial charge on any atom is -0.410 e. The number of benzene rings is 1. The van der Waals surface area contributed by atoms with E-state index in [1.54, 1.807) is 30.3 Å². The summed E-state index contributed by atoms with van der Waals surface area (Å²) < 4.78 is 10.1. The summed E-state index contributed by atoms with van der Waals surface area (Å²) in [4.78, 5) is 18.1. The van der Waals surface area contributed by atoms with Crippen LogP contribution in [0.25, 0.3) is 0 Å². The number of oxime groups is 1. The molecule has 1 aromatic heterocycles. The Kier molecular flexibility index (Phi) is 2.85. The summed E-state index contributed by atoms with van der Waals surface area (Å²) in [5, 5.41) is 7.28. The molecule has 0 bridgehead atoms. The average molecular weight is 259 g/mol. The predicted octanol–water partition coefficient (Wildman–Crippen LogP) is 1.82. The highest BCUT2D eigenvalue weighted by atomic mass is 16.7. The van der Waals surface area contributed by atoms with Crippen molar-refractivity contribution in [2.75, 3.05) is 6.73 Å². The second-order valence-corrected chi connectivity index (χ2v) is 3.66. The summed E-state index contributed by atoms with van der Waals surface area (Å²) in [6.07, 6.45) is 0.857. The van der Waals surface area contributed by atoms with Crippen LogP contribution in [0.1, 0.15) is 5.76 Å². The van der Waals surface area contributed by atoms with Gasteiger partial charge in [0.2, 0.25) is 18.3 Å². The van der Waals surface area contributed by atoms with Gasteiger partial charge in [0.15, 0.2) is 0 Å². The van der Waals surface area contributed by atoms with Crippen molar-refractivity contribution in [2.24, 2.45) is 5.16 Å². The lowest BCUT2D eigenvalue weighted by Gasteiger charge is -2.13. The number of nitrogens with zero attached hydrogens (tertiary/aromatic N) is 3. The lowest BCUT2D eigenvalue weighted by Crippen LogP contribution is -2.36. The standard InChI is InChI=1S/C12H9N3O4/c16-12(18-9-4-2-1-3-5-9)15-8-17-14-11(15)10-6-7-13-19-10/h1-7H,8H2. The largest absolute Gasteiger partial charge is 0.424 e. The Morgan fingerprint density at radius 1 is 1.26 bits per heavy atom. The molecule has 0 spiro atoms. The van der Waals surface area contributed by atoms with Crippen molar-refractivity contribution < 1.29 is 18.9 Å². The van der Waals surface area contributed by atoms with Gasteiger partial charge in [0.25, 0.3) is 0 Å². The lowest BCUT2D eigenvalue weighted by atomic mass is 10.3. The molecule has 0 atom stereocenters. The fraction of sp³-hybridized carbons (Fsp3) is 0.0833. The Balaban J connectivity index is 1.75. The third-order valence-corrected chi connectivity index (χ3v) is 2.42. The zero-order valence-corrected chi connectivity index (χ0v) is 9.72. The van der Waals surface area contributed by atoms with Crippen molar-refractivity contribution in [2.45, 2.75) is 0 Å². The van der Waals surface area contributed by atoms with Crippen LogP contribution in [0.2, 0.25) is 0 Å². The highest BCUT2D eigenvalue weighted by Crippen LogP contribution is 2.15. The first kappa shape index (κ1) is 11.3. The van der Waals surface area contributed by atoms with Crippen LogP contribution >= 0.6 is 0 Å². The third-order valence-electron chi connectivity index (χ3n) is 2.42. The summed E-state index contributed by atoms with van der Waals surface area (Å²) in [6.45, 7) is -0.0261. The molecule has 1 aliphatic heterocycles. The Bertz CT molecular complexity index is 595. The summed E-state index contributed by atoms with van der Waals surface area (Å²) in [7, 11) is 0. The molecule has 7 heteroatoms. The molecule has 3 rings (SSSR count). The van der Waals surface area contributed by atoms with Gasteiger partial charge in [-0.15, -0.1) is 0 Å². The first-order valence-electron chi connectivity index (χ1n) is 5.50. The van der Waals surface area contributed by atoms with Gasteiger partial charge in [0, 0.05) is 6.07 Å². The quantitative estimate of drug-likeness (QED) is 0.822. The molecule has 2 aromatic rings. The van der Waals surface area contributed by atoms with Crippen molar-refractivity contribution in [3.8, 4) is 5.75 Å². The molecule has 0 aliphatic carbocycles. The molecule has 0 N–H and O–H groups in total. The molecule has 7 nitrogen and oxygen atoms in total. The van der Waals surface area contributed by atoms with Gasteiger partial charge in [-0.2, -0.15) is 0 Å². The van der Waals surface area contributed by atoms with Crippen LogP contribution in [0.3, 0.4) is 0 Å². The van der Waals surface area contributed by atoms with E-state index in [2.05, 4.69) is 10.3 Å². The number of carbonyl (C=O) groups excluding carboxylic acids is 1. The highest BCUT2D eigenvalue weighted by molar-refractivity contribution is 6.05. The molecule has 0 fully saturated rings. The maximum atomic E-state index is 12.0. The Labute approximate surface area is 108 Å². The van der Waals surface area contributed by atoms with Gasteiger partial charge < -0.3 is 14.1 Å². The van der Waals surface area contributed by atoms with E-state index >= 15 is 0 Å². The minimum atomic E-state index is -0.598. The van der Waals surface area contributed by atoms with E-state index in [1.807, 2.05) is 6.07 Å². The smallest absolute Gasteiger partial charge is 0.410 e. The molecule has 1 aliphatic rings. The summed E-state index contributed by atoms with van der Waals surface area (Å²) in [6, 6.07) is 10.3. The van der Waals surface area contributed by atoms with E-state index in [4.69, 9.17) is 14.1 Å². The van der Waals surface area contributed by atoms with E-state index in [9.17, 15) is 4.79 Å². The lowest BCUT2D eigenvalue weighted by molar-refractivity contribution is 0.101. The van der Waals surface area contributed by atoms with Crippen LogP contribution < -0.4 is 4.74 Å². The molecule has 2 heterocycles. The molecule has 0 unspecified atom stereocenters. The summed E-state index contributed by atoms with van der Waals surface area (Å²) in [5.41, 5.74) is 0. The van der Waals surface area contributed by atoms with Gasteiger partial charge in [0.05, 0.1) is 6.20 Å². The number of hydrogen-bond donors (Lipinski definition) is 0. The Hall–Kier alpha value is -2.83. The van der Waals surface area contributed by atoms with Gasteiger partial charge >= 0.3 is 6.09 Å². The normalized spacial score (nSPS) is 13.9. The number of amides is 1. The van der Waals surface area contributed by atoms with E-state index in [0.29, 0.717) is 11.5 Å². The van der Waals surface area contributed by atoms with Crippen LogP contribution in [0.5, 0.6) is 5.75 Å². The second kappa shape index (κ2) is 4.81. The average Bonchev–Trinajstić information content (AvgIpc) is 3.10. The topological polar surface area (TPSA) is 77.2 Å². The Morgan fingerprint density at radius 3 is 2.84 bits per heavy atom. The molecule has 0 saturated carbocycles. The molecule has 1 aromatic carbocycles. The number of ether oxygens (including phenoxy) is 1. The van der Waals surface area contributed by atoms with Gasteiger partial charge in [-0.1, -0.05) is 28.5 Å². The van der Waals surface area contributed by atoms with Gasteiger partial charge in [0.1, 0.15) is 5.75 Å². The minimum absolute atomic E-state index is 0.0261. The van der Waals surface area contributed by atoms with Crippen molar-refractivity contribution in [1.82, 2.24) is 10.1 Å². The number of amidine groups is 1. The number of aromatic nitrogens is 1. The van der Waals surface area contributed by atoms with Gasteiger partial charge in [-0.25, -0.2) is 9.69 Å². The number of hydrogen-bond acceptors (Lipinski definition) is 6. The molecule has 0 saturated heterocycles. The highest BCUT2D eigenvalue weighted by Gasteiger charge is 2.30. The number of rotatable bonds is 2. The number of para-hydroxylation sites is 1. The maximum absolute atomic E-state index is 12.0. The molecule has 19 heavy (non-hydrogen) atoms. The predicted molar refractivity (Wildman–Crippen MR) is 63.3 cm³/mol. The first-order valence-corrected chi connectivity index (χ1v) is 5.50. The summed E-state index contributed by atoms with van der Waals surface area (Å²) >= 11 is 0. The van der Waals surface area contributed by atoms with Crippen molar-refractivity contribution in [3.05, 3.63) is 48.4 Å². The van der Waals surface area contributed by atoms with Crippen LogP contribution in [-0.2, 0) is 4.84 Å². The zero-order chi connectivity index (χ0) is 13.1. The monoisotopic (exact) mass is 259 g/mol. The van der Waals surface area contributed by atoms with Gasteiger partial charge in [-0.3, -0.25) is 0 Å². The first-order chi connectivity index (χ1) is 9.34. The van der Waals surface area contributed by atoms with E-state index in [-0.39, 0.29) is 12.6 Å². The second-order valence-electron chi connectivity index (χ2n) is 3.66. The Morgan fingerprint density at radius 2 is 2.11 bits per heavy atom. The van der Waals surface area contributed by atoms with Crippen LogP contribution in [0, 0.1) is 0 Å². The van der Waals surface area contributed by atoms with Gasteiger partial charge in [-0.05, 0) is 12.1 Å². The molecule has 0 radical (unpaired) electrons. The third kappa shape index (κ3) is 2.25. The number of carbonyl (C=O) groups is 1. The molecular formula is C12H9N3O4.